The summed E-state index contributed by atoms with van der Waals surface area (Å²) < 4.78 is 38.7. The minimum atomic E-state index is -4.64. The van der Waals surface area contributed by atoms with Gasteiger partial charge < -0.3 is 4.74 Å². The van der Waals surface area contributed by atoms with Gasteiger partial charge in [-0.1, -0.05) is 17.7 Å². The number of ether oxygens (including phenoxy) is 1. The summed E-state index contributed by atoms with van der Waals surface area (Å²) in [6.45, 7) is 0. The van der Waals surface area contributed by atoms with E-state index in [2.05, 4.69) is 4.74 Å². The second kappa shape index (κ2) is 3.39. The number of halogens is 4. The monoisotopic (exact) mass is 198 g/mol. The fraction of sp³-hybridized carbons (Fsp3) is 0.429. The summed E-state index contributed by atoms with van der Waals surface area (Å²) in [5, 5.41) is 0.0265. The lowest BCUT2D eigenvalue weighted by Crippen LogP contribution is -2.14. The van der Waals surface area contributed by atoms with Crippen molar-refractivity contribution in [1.82, 2.24) is 0 Å². The highest BCUT2D eigenvalue weighted by molar-refractivity contribution is 6.31. The Morgan fingerprint density at radius 2 is 2.08 bits per heavy atom. The predicted octanol–water partition coefficient (Wildman–Crippen LogP) is 3.32. The average Bonchev–Trinajstić information content (AvgIpc) is 1.91. The molecule has 0 bridgehead atoms. The zero-order valence-electron chi connectivity index (χ0n) is 5.99. The molecule has 1 aliphatic carbocycles. The molecular weight excluding hydrogens is 193 g/mol. The molecule has 1 nitrogen and oxygen atoms in total. The summed E-state index contributed by atoms with van der Waals surface area (Å²) in [5.74, 6) is -0.202. The van der Waals surface area contributed by atoms with Gasteiger partial charge in [-0.15, -0.1) is 13.2 Å². The zero-order valence-corrected chi connectivity index (χ0v) is 6.74. The van der Waals surface area contributed by atoms with Gasteiger partial charge in [0.05, 0.1) is 5.03 Å². The first-order chi connectivity index (χ1) is 5.49. The van der Waals surface area contributed by atoms with Gasteiger partial charge in [-0.2, -0.15) is 0 Å². The third-order valence-electron chi connectivity index (χ3n) is 1.31. The van der Waals surface area contributed by atoms with Crippen LogP contribution < -0.4 is 0 Å². The molecule has 0 radical (unpaired) electrons. The lowest BCUT2D eigenvalue weighted by molar-refractivity contribution is -0.306. The highest BCUT2D eigenvalue weighted by atomic mass is 35.5. The molecule has 0 fully saturated rings. The van der Waals surface area contributed by atoms with Crippen molar-refractivity contribution in [2.45, 2.75) is 19.2 Å². The molecule has 0 aromatic rings. The molecule has 0 spiro atoms. The molecule has 68 valence electrons. The van der Waals surface area contributed by atoms with E-state index >= 15 is 0 Å². The SMILES string of the molecule is FC(F)(F)OC1=C(Cl)C=CCC1. The van der Waals surface area contributed by atoms with Crippen LogP contribution in [-0.4, -0.2) is 6.36 Å². The van der Waals surface area contributed by atoms with Gasteiger partial charge in [0.25, 0.3) is 0 Å². The number of rotatable bonds is 1. The van der Waals surface area contributed by atoms with Crippen molar-refractivity contribution in [2.75, 3.05) is 0 Å². The second-order valence-corrected chi connectivity index (χ2v) is 2.67. The summed E-state index contributed by atoms with van der Waals surface area (Å²) in [5.41, 5.74) is 0. The molecule has 0 heterocycles. The van der Waals surface area contributed by atoms with Crippen molar-refractivity contribution < 1.29 is 17.9 Å². The van der Waals surface area contributed by atoms with Crippen molar-refractivity contribution in [3.05, 3.63) is 22.9 Å². The summed E-state index contributed by atoms with van der Waals surface area (Å²) in [6, 6.07) is 0. The van der Waals surface area contributed by atoms with Crippen LogP contribution in [0.15, 0.2) is 22.9 Å². The van der Waals surface area contributed by atoms with Crippen LogP contribution >= 0.6 is 11.6 Å². The van der Waals surface area contributed by atoms with Crippen molar-refractivity contribution >= 4 is 11.6 Å². The van der Waals surface area contributed by atoms with Crippen LogP contribution in [-0.2, 0) is 4.74 Å². The highest BCUT2D eigenvalue weighted by Gasteiger charge is 2.32. The van der Waals surface area contributed by atoms with Crippen molar-refractivity contribution in [2.24, 2.45) is 0 Å². The van der Waals surface area contributed by atoms with Gasteiger partial charge in [-0.3, -0.25) is 0 Å². The molecule has 0 saturated heterocycles. The van der Waals surface area contributed by atoms with E-state index in [-0.39, 0.29) is 17.2 Å². The van der Waals surface area contributed by atoms with Gasteiger partial charge in [0.1, 0.15) is 5.76 Å². The van der Waals surface area contributed by atoms with E-state index < -0.39 is 6.36 Å². The Hall–Kier alpha value is -0.640. The molecule has 0 aromatic heterocycles. The molecule has 0 aromatic carbocycles. The third-order valence-corrected chi connectivity index (χ3v) is 1.64. The van der Waals surface area contributed by atoms with Crippen LogP contribution in [0, 0.1) is 0 Å². The normalized spacial score (nSPS) is 18.3. The first-order valence-electron chi connectivity index (χ1n) is 3.30. The lowest BCUT2D eigenvalue weighted by atomic mass is 10.2. The summed E-state index contributed by atoms with van der Waals surface area (Å²) in [6.07, 6.45) is -0.797. The van der Waals surface area contributed by atoms with E-state index in [1.165, 1.54) is 6.08 Å². The third kappa shape index (κ3) is 2.77. The lowest BCUT2D eigenvalue weighted by Gasteiger charge is -2.14. The second-order valence-electron chi connectivity index (χ2n) is 2.26. The van der Waals surface area contributed by atoms with Gasteiger partial charge in [0.2, 0.25) is 0 Å². The fourth-order valence-corrected chi connectivity index (χ4v) is 1.08. The highest BCUT2D eigenvalue weighted by Crippen LogP contribution is 2.29. The van der Waals surface area contributed by atoms with Gasteiger partial charge in [0.15, 0.2) is 0 Å². The molecule has 12 heavy (non-hydrogen) atoms. The first kappa shape index (κ1) is 9.45. The van der Waals surface area contributed by atoms with Gasteiger partial charge in [-0.25, -0.2) is 0 Å². The zero-order chi connectivity index (χ0) is 9.19. The van der Waals surface area contributed by atoms with Crippen molar-refractivity contribution in [1.29, 1.82) is 0 Å². The summed E-state index contributed by atoms with van der Waals surface area (Å²) >= 11 is 5.46. The van der Waals surface area contributed by atoms with Gasteiger partial charge in [-0.05, 0) is 12.5 Å². The van der Waals surface area contributed by atoms with Crippen LogP contribution in [0.3, 0.4) is 0 Å². The van der Waals surface area contributed by atoms with E-state index in [1.807, 2.05) is 0 Å². The van der Waals surface area contributed by atoms with Crippen LogP contribution in [0.1, 0.15) is 12.8 Å². The summed E-state index contributed by atoms with van der Waals surface area (Å²) in [4.78, 5) is 0. The molecule has 1 aliphatic rings. The topological polar surface area (TPSA) is 9.23 Å². The number of hydrogen-bond donors (Lipinski definition) is 0. The van der Waals surface area contributed by atoms with Crippen LogP contribution in [0.5, 0.6) is 0 Å². The molecule has 5 heteroatoms. The van der Waals surface area contributed by atoms with Crippen LogP contribution in [0.2, 0.25) is 0 Å². The standard InChI is InChI=1S/C7H6ClF3O/c8-5-3-1-2-4-6(5)12-7(9,10)11/h1,3H,2,4H2. The molecule has 1 rings (SSSR count). The van der Waals surface area contributed by atoms with E-state index in [0.717, 1.165) is 0 Å². The number of alkyl halides is 3. The maximum absolute atomic E-state index is 11.7. The van der Waals surface area contributed by atoms with Crippen LogP contribution in [0.4, 0.5) is 13.2 Å². The largest absolute Gasteiger partial charge is 0.572 e. The Balaban J connectivity index is 2.68. The molecule has 0 aliphatic heterocycles. The Morgan fingerprint density at radius 1 is 1.42 bits per heavy atom. The first-order valence-corrected chi connectivity index (χ1v) is 3.68. The Morgan fingerprint density at radius 3 is 2.58 bits per heavy atom. The van der Waals surface area contributed by atoms with Crippen molar-refractivity contribution in [3.63, 3.8) is 0 Å². The molecule has 0 N–H and O–H groups in total. The van der Waals surface area contributed by atoms with Crippen LogP contribution in [0.25, 0.3) is 0 Å². The quantitative estimate of drug-likeness (QED) is 0.628. The minimum absolute atomic E-state index is 0.0265. The Kier molecular flexibility index (Phi) is 2.67. The maximum Gasteiger partial charge on any atom is 0.572 e. The number of hydrogen-bond acceptors (Lipinski definition) is 1. The van der Waals surface area contributed by atoms with E-state index in [1.54, 1.807) is 6.08 Å². The average molecular weight is 199 g/mol. The Bertz CT molecular complexity index is 229. The fourth-order valence-electron chi connectivity index (χ4n) is 0.853. The summed E-state index contributed by atoms with van der Waals surface area (Å²) in [7, 11) is 0. The molecule has 0 saturated carbocycles. The molecule has 0 amide bonds. The number of allylic oxidation sites excluding steroid dienone is 4. The van der Waals surface area contributed by atoms with Crippen molar-refractivity contribution in [3.8, 4) is 0 Å². The molecule has 0 atom stereocenters. The van der Waals surface area contributed by atoms with E-state index in [0.29, 0.717) is 6.42 Å². The van der Waals surface area contributed by atoms with Gasteiger partial charge in [0, 0.05) is 6.42 Å². The maximum atomic E-state index is 11.7. The predicted molar refractivity (Wildman–Crippen MR) is 38.4 cm³/mol. The Labute approximate surface area is 72.5 Å². The smallest absolute Gasteiger partial charge is 0.409 e. The van der Waals surface area contributed by atoms with Gasteiger partial charge >= 0.3 is 6.36 Å². The minimum Gasteiger partial charge on any atom is -0.409 e. The molecular formula is C7H6ClF3O. The van der Waals surface area contributed by atoms with E-state index in [9.17, 15) is 13.2 Å². The van der Waals surface area contributed by atoms with E-state index in [4.69, 9.17) is 11.6 Å². The molecule has 0 unspecified atom stereocenters.